The third-order valence-electron chi connectivity index (χ3n) is 4.80. The van der Waals surface area contributed by atoms with Crippen molar-refractivity contribution in [3.63, 3.8) is 0 Å². The smallest absolute Gasteiger partial charge is 0.250 e. The maximum atomic E-state index is 11.6. The fourth-order valence-electron chi connectivity index (χ4n) is 3.29. The molecule has 7 N–H and O–H groups in total. The Hall–Kier alpha value is -0.690. The minimum absolute atomic E-state index is 0.0354. The second-order valence-electron chi connectivity index (χ2n) is 7.60. The molecule has 0 saturated heterocycles. The van der Waals surface area contributed by atoms with Crippen LogP contribution in [0.3, 0.4) is 0 Å². The quantitative estimate of drug-likeness (QED) is 0.399. The van der Waals surface area contributed by atoms with Crippen LogP contribution in [0.5, 0.6) is 0 Å². The van der Waals surface area contributed by atoms with E-state index in [1.54, 1.807) is 0 Å². The van der Waals surface area contributed by atoms with Gasteiger partial charge in [0.25, 0.3) is 5.91 Å². The van der Waals surface area contributed by atoms with Gasteiger partial charge in [-0.3, -0.25) is 4.79 Å². The Labute approximate surface area is 140 Å². The van der Waals surface area contributed by atoms with Crippen LogP contribution < -0.4 is 16.8 Å². The molecule has 23 heavy (non-hydrogen) atoms. The van der Waals surface area contributed by atoms with Gasteiger partial charge in [0.15, 0.2) is 5.60 Å². The van der Waals surface area contributed by atoms with Crippen molar-refractivity contribution in [1.29, 1.82) is 0 Å². The number of carbonyl (C=O) groups is 1. The molecule has 1 aliphatic carbocycles. The summed E-state index contributed by atoms with van der Waals surface area (Å²) in [6, 6.07) is -0.436. The monoisotopic (exact) mass is 329 g/mol. The third-order valence-corrected chi connectivity index (χ3v) is 4.80. The molecule has 3 atom stereocenters. The van der Waals surface area contributed by atoms with Crippen LogP contribution in [0.15, 0.2) is 0 Å². The van der Waals surface area contributed by atoms with Crippen molar-refractivity contribution in [3.8, 4) is 0 Å². The average molecular weight is 329 g/mol. The van der Waals surface area contributed by atoms with Crippen LogP contribution in [0, 0.1) is 11.8 Å². The molecule has 0 aromatic carbocycles. The Morgan fingerprint density at radius 1 is 1.30 bits per heavy atom. The Morgan fingerprint density at radius 2 is 1.91 bits per heavy atom. The van der Waals surface area contributed by atoms with E-state index in [-0.39, 0.29) is 13.0 Å². The summed E-state index contributed by atoms with van der Waals surface area (Å²) in [5.41, 5.74) is 9.67. The number of amides is 1. The molecule has 0 aromatic rings. The van der Waals surface area contributed by atoms with Crippen LogP contribution in [0.4, 0.5) is 0 Å². The van der Waals surface area contributed by atoms with Crippen molar-refractivity contribution < 1.29 is 15.0 Å². The first-order chi connectivity index (χ1) is 10.7. The molecule has 0 heterocycles. The molecule has 1 amide bonds. The Morgan fingerprint density at radius 3 is 2.43 bits per heavy atom. The van der Waals surface area contributed by atoms with E-state index in [0.717, 1.165) is 19.3 Å². The number of hydrogen-bond donors (Lipinski definition) is 5. The molecule has 136 valence electrons. The lowest BCUT2D eigenvalue weighted by molar-refractivity contribution is -0.139. The van der Waals surface area contributed by atoms with Crippen LogP contribution in [-0.4, -0.2) is 47.0 Å². The standard InChI is InChI=1S/C17H35N3O3/c1-12(2)10-20-11-17(23,16(19)22)9-15(21)14(18)8-13-6-4-3-5-7-13/h12-15,20-21,23H,3-11,18H2,1-2H3,(H2,19,22). The van der Waals surface area contributed by atoms with Crippen molar-refractivity contribution in [1.82, 2.24) is 5.32 Å². The van der Waals surface area contributed by atoms with Gasteiger partial charge in [-0.25, -0.2) is 0 Å². The largest absolute Gasteiger partial charge is 0.391 e. The normalized spacial score (nSPS) is 21.8. The van der Waals surface area contributed by atoms with E-state index in [2.05, 4.69) is 5.32 Å². The number of aliphatic hydroxyl groups excluding tert-OH is 1. The van der Waals surface area contributed by atoms with E-state index >= 15 is 0 Å². The van der Waals surface area contributed by atoms with Crippen LogP contribution in [0.1, 0.15) is 58.8 Å². The molecule has 1 rings (SSSR count). The van der Waals surface area contributed by atoms with Gasteiger partial charge in [-0.1, -0.05) is 46.0 Å². The van der Waals surface area contributed by atoms with E-state index in [0.29, 0.717) is 18.4 Å². The number of carbonyl (C=O) groups excluding carboxylic acids is 1. The lowest BCUT2D eigenvalue weighted by Gasteiger charge is -2.32. The van der Waals surface area contributed by atoms with E-state index < -0.39 is 23.7 Å². The number of rotatable bonds is 10. The first kappa shape index (κ1) is 20.4. The molecule has 1 aliphatic rings. The first-order valence-electron chi connectivity index (χ1n) is 8.91. The van der Waals surface area contributed by atoms with Gasteiger partial charge >= 0.3 is 0 Å². The number of nitrogens with one attached hydrogen (secondary N) is 1. The van der Waals surface area contributed by atoms with Crippen molar-refractivity contribution in [2.24, 2.45) is 23.3 Å². The summed E-state index contributed by atoms with van der Waals surface area (Å²) in [6.45, 7) is 4.77. The van der Waals surface area contributed by atoms with E-state index in [4.69, 9.17) is 11.5 Å². The van der Waals surface area contributed by atoms with Crippen molar-refractivity contribution in [3.05, 3.63) is 0 Å². The fourth-order valence-corrected chi connectivity index (χ4v) is 3.29. The second-order valence-corrected chi connectivity index (χ2v) is 7.60. The zero-order valence-electron chi connectivity index (χ0n) is 14.6. The predicted octanol–water partition coefficient (Wildman–Crippen LogP) is 0.497. The van der Waals surface area contributed by atoms with E-state index in [9.17, 15) is 15.0 Å². The van der Waals surface area contributed by atoms with Crippen LogP contribution in [-0.2, 0) is 4.79 Å². The van der Waals surface area contributed by atoms with Gasteiger partial charge < -0.3 is 27.0 Å². The molecule has 6 heteroatoms. The number of nitrogens with two attached hydrogens (primary N) is 2. The lowest BCUT2D eigenvalue weighted by Crippen LogP contribution is -2.55. The minimum atomic E-state index is -1.77. The Balaban J connectivity index is 2.50. The van der Waals surface area contributed by atoms with Gasteiger partial charge in [0.2, 0.25) is 0 Å². The van der Waals surface area contributed by atoms with Gasteiger partial charge in [-0.15, -0.1) is 0 Å². The Kier molecular flexibility index (Phi) is 8.47. The van der Waals surface area contributed by atoms with Crippen LogP contribution in [0.2, 0.25) is 0 Å². The second kappa shape index (κ2) is 9.57. The topological polar surface area (TPSA) is 122 Å². The molecule has 1 fully saturated rings. The van der Waals surface area contributed by atoms with E-state index in [1.165, 1.54) is 19.3 Å². The van der Waals surface area contributed by atoms with Gasteiger partial charge in [0, 0.05) is 19.0 Å². The number of aliphatic hydroxyl groups is 2. The summed E-state index contributed by atoms with van der Waals surface area (Å²) in [4.78, 5) is 11.6. The van der Waals surface area contributed by atoms with Gasteiger partial charge in [0.05, 0.1) is 6.10 Å². The molecule has 0 bridgehead atoms. The van der Waals surface area contributed by atoms with Gasteiger partial charge in [0.1, 0.15) is 0 Å². The van der Waals surface area contributed by atoms with E-state index in [1.807, 2.05) is 13.8 Å². The zero-order valence-corrected chi connectivity index (χ0v) is 14.6. The molecule has 6 nitrogen and oxygen atoms in total. The summed E-state index contributed by atoms with van der Waals surface area (Å²) >= 11 is 0. The zero-order chi connectivity index (χ0) is 17.5. The third kappa shape index (κ3) is 7.16. The number of hydrogen-bond acceptors (Lipinski definition) is 5. The van der Waals surface area contributed by atoms with Gasteiger partial charge in [-0.2, -0.15) is 0 Å². The summed E-state index contributed by atoms with van der Waals surface area (Å²) in [6.07, 6.45) is 5.69. The first-order valence-corrected chi connectivity index (χ1v) is 8.91. The molecule has 3 unspecified atom stereocenters. The van der Waals surface area contributed by atoms with Crippen molar-refractivity contribution in [2.45, 2.75) is 76.5 Å². The van der Waals surface area contributed by atoms with Crippen molar-refractivity contribution in [2.75, 3.05) is 13.1 Å². The fraction of sp³-hybridized carbons (Fsp3) is 0.941. The predicted molar refractivity (Wildman–Crippen MR) is 91.6 cm³/mol. The maximum Gasteiger partial charge on any atom is 0.250 e. The highest BCUT2D eigenvalue weighted by Crippen LogP contribution is 2.28. The summed E-state index contributed by atoms with van der Waals surface area (Å²) in [7, 11) is 0. The highest BCUT2D eigenvalue weighted by molar-refractivity contribution is 5.83. The van der Waals surface area contributed by atoms with Crippen LogP contribution >= 0.6 is 0 Å². The Bertz CT molecular complexity index is 359. The highest BCUT2D eigenvalue weighted by atomic mass is 16.3. The molecule has 0 spiro atoms. The number of primary amides is 1. The highest BCUT2D eigenvalue weighted by Gasteiger charge is 2.37. The molecular weight excluding hydrogens is 294 g/mol. The molecule has 0 aromatic heterocycles. The average Bonchev–Trinajstić information content (AvgIpc) is 2.47. The summed E-state index contributed by atoms with van der Waals surface area (Å²) in [5.74, 6) is 0.109. The molecule has 1 saturated carbocycles. The van der Waals surface area contributed by atoms with Crippen molar-refractivity contribution >= 4 is 5.91 Å². The summed E-state index contributed by atoms with van der Waals surface area (Å²) < 4.78 is 0. The summed E-state index contributed by atoms with van der Waals surface area (Å²) in [5, 5.41) is 23.8. The molecular formula is C17H35N3O3. The minimum Gasteiger partial charge on any atom is -0.391 e. The molecule has 0 radical (unpaired) electrons. The lowest BCUT2D eigenvalue weighted by atomic mass is 9.82. The van der Waals surface area contributed by atoms with Crippen LogP contribution in [0.25, 0.3) is 0 Å². The SMILES string of the molecule is CC(C)CNCC(O)(CC(O)C(N)CC1CCCCC1)C(N)=O. The van der Waals surface area contributed by atoms with Gasteiger partial charge in [-0.05, 0) is 24.8 Å². The maximum absolute atomic E-state index is 11.6. The molecule has 0 aliphatic heterocycles.